The predicted octanol–water partition coefficient (Wildman–Crippen LogP) is 4.05. The Kier molecular flexibility index (Phi) is 3.41. The second-order valence-electron chi connectivity index (χ2n) is 5.75. The van der Waals surface area contributed by atoms with Crippen molar-refractivity contribution in [3.63, 3.8) is 0 Å². The van der Waals surface area contributed by atoms with E-state index in [1.54, 1.807) is 7.11 Å². The highest BCUT2D eigenvalue weighted by Crippen LogP contribution is 2.50. The maximum absolute atomic E-state index is 12.7. The molecular weight excluding hydrogens is 298 g/mol. The molecule has 3 rings (SSSR count). The normalized spacial score (nSPS) is 19.8. The van der Waals surface area contributed by atoms with Crippen LogP contribution >= 0.6 is 11.6 Å². The van der Waals surface area contributed by atoms with Crippen molar-refractivity contribution in [2.45, 2.75) is 25.6 Å². The van der Waals surface area contributed by atoms with E-state index in [9.17, 15) is 4.79 Å². The lowest BCUT2D eigenvalue weighted by Crippen LogP contribution is -2.31. The van der Waals surface area contributed by atoms with Gasteiger partial charge in [-0.3, -0.25) is 4.79 Å². The minimum Gasteiger partial charge on any atom is -0.496 e. The summed E-state index contributed by atoms with van der Waals surface area (Å²) in [5, 5.41) is 2.91. The third-order valence-corrected chi connectivity index (χ3v) is 4.93. The number of benzene rings is 2. The van der Waals surface area contributed by atoms with Crippen LogP contribution in [-0.4, -0.2) is 13.0 Å². The summed E-state index contributed by atoms with van der Waals surface area (Å²) in [6.45, 7) is 5.98. The van der Waals surface area contributed by atoms with Crippen LogP contribution < -0.4 is 10.1 Å². The Bertz CT molecular complexity index is 785. The quantitative estimate of drug-likeness (QED) is 0.849. The van der Waals surface area contributed by atoms with Gasteiger partial charge in [0, 0.05) is 16.8 Å². The predicted molar refractivity (Wildman–Crippen MR) is 88.9 cm³/mol. The topological polar surface area (TPSA) is 38.3 Å². The van der Waals surface area contributed by atoms with Crippen molar-refractivity contribution < 1.29 is 9.53 Å². The molecule has 1 N–H and O–H groups in total. The molecule has 3 nitrogen and oxygen atoms in total. The van der Waals surface area contributed by atoms with Crippen LogP contribution in [-0.2, 0) is 9.67 Å². The Morgan fingerprint density at radius 1 is 1.09 bits per heavy atom. The van der Waals surface area contributed by atoms with Crippen molar-refractivity contribution in [1.82, 2.24) is 0 Å². The lowest BCUT2D eigenvalue weighted by Gasteiger charge is -2.25. The molecule has 1 aliphatic heterocycles. The van der Waals surface area contributed by atoms with E-state index in [4.69, 9.17) is 16.3 Å². The van der Waals surface area contributed by atoms with Crippen LogP contribution in [0.25, 0.3) is 0 Å². The van der Waals surface area contributed by atoms with Gasteiger partial charge in [0.1, 0.15) is 5.75 Å². The van der Waals surface area contributed by atoms with Crippen molar-refractivity contribution in [2.24, 2.45) is 0 Å². The fourth-order valence-electron chi connectivity index (χ4n) is 3.04. The van der Waals surface area contributed by atoms with E-state index in [1.807, 2.05) is 51.1 Å². The van der Waals surface area contributed by atoms with E-state index >= 15 is 0 Å². The third kappa shape index (κ3) is 1.92. The number of amides is 1. The molecule has 0 aromatic heterocycles. The molecule has 0 fully saturated rings. The number of ether oxygens (including phenoxy) is 1. The fourth-order valence-corrected chi connectivity index (χ4v) is 3.48. The first-order chi connectivity index (χ1) is 10.4. The molecule has 2 aromatic rings. The van der Waals surface area contributed by atoms with Gasteiger partial charge in [-0.2, -0.15) is 0 Å². The first-order valence-electron chi connectivity index (χ1n) is 7.15. The zero-order valence-electron chi connectivity index (χ0n) is 13.1. The first kappa shape index (κ1) is 14.9. The number of halogens is 1. The van der Waals surface area contributed by atoms with Crippen LogP contribution in [0.4, 0.5) is 5.69 Å². The van der Waals surface area contributed by atoms with Crippen LogP contribution in [0.5, 0.6) is 5.75 Å². The molecule has 0 radical (unpaired) electrons. The third-order valence-electron chi connectivity index (χ3n) is 4.37. The molecule has 1 amide bonds. The summed E-state index contributed by atoms with van der Waals surface area (Å²) in [6.07, 6.45) is 0. The second-order valence-corrected chi connectivity index (χ2v) is 6.31. The van der Waals surface area contributed by atoms with Gasteiger partial charge in [-0.15, -0.1) is 0 Å². The number of aryl methyl sites for hydroxylation is 3. The maximum Gasteiger partial charge on any atom is 0.254 e. The smallest absolute Gasteiger partial charge is 0.254 e. The van der Waals surface area contributed by atoms with Crippen molar-refractivity contribution in [1.29, 1.82) is 0 Å². The van der Waals surface area contributed by atoms with E-state index in [0.29, 0.717) is 11.3 Å². The minimum absolute atomic E-state index is 0.234. The van der Waals surface area contributed by atoms with Gasteiger partial charge in [-0.1, -0.05) is 29.8 Å². The zero-order chi connectivity index (χ0) is 16.1. The number of alkyl halides is 1. The highest BCUT2D eigenvalue weighted by molar-refractivity contribution is 6.41. The summed E-state index contributed by atoms with van der Waals surface area (Å²) in [6, 6.07) is 9.62. The number of methoxy groups -OCH3 is 1. The minimum atomic E-state index is -1.26. The van der Waals surface area contributed by atoms with Crippen LogP contribution in [0.15, 0.2) is 30.3 Å². The molecule has 2 aromatic carbocycles. The number of anilines is 1. The molecule has 0 saturated heterocycles. The summed E-state index contributed by atoms with van der Waals surface area (Å²) in [7, 11) is 1.59. The van der Waals surface area contributed by atoms with Gasteiger partial charge in [-0.25, -0.2) is 0 Å². The Hall–Kier alpha value is -2.00. The lowest BCUT2D eigenvalue weighted by molar-refractivity contribution is -0.117. The van der Waals surface area contributed by atoms with Crippen LogP contribution in [0.2, 0.25) is 0 Å². The highest BCUT2D eigenvalue weighted by atomic mass is 35.5. The summed E-state index contributed by atoms with van der Waals surface area (Å²) in [4.78, 5) is 11.4. The van der Waals surface area contributed by atoms with Gasteiger partial charge in [0.2, 0.25) is 0 Å². The molecule has 1 atom stereocenters. The maximum atomic E-state index is 12.7. The summed E-state index contributed by atoms with van der Waals surface area (Å²) >= 11 is 6.90. The fraction of sp³-hybridized carbons (Fsp3) is 0.278. The summed E-state index contributed by atoms with van der Waals surface area (Å²) in [5.74, 6) is 0.387. The number of hydrogen-bond donors (Lipinski definition) is 1. The molecule has 4 heteroatoms. The zero-order valence-corrected chi connectivity index (χ0v) is 13.8. The molecule has 1 aliphatic rings. The van der Waals surface area contributed by atoms with Gasteiger partial charge in [0.15, 0.2) is 4.87 Å². The highest BCUT2D eigenvalue weighted by Gasteiger charge is 2.49. The van der Waals surface area contributed by atoms with Crippen molar-refractivity contribution in [3.05, 3.63) is 58.1 Å². The molecular formula is C18H18ClNO2. The molecule has 1 unspecified atom stereocenters. The Labute approximate surface area is 135 Å². The molecule has 114 valence electrons. The SMILES string of the molecule is COc1cccc(C)c1C1(Cl)C(=O)Nc2cc(C)c(C)cc21. The van der Waals surface area contributed by atoms with E-state index in [2.05, 4.69) is 5.32 Å². The number of carbonyl (C=O) groups is 1. The van der Waals surface area contributed by atoms with Gasteiger partial charge in [0.05, 0.1) is 7.11 Å². The number of rotatable bonds is 2. The molecule has 0 spiro atoms. The van der Waals surface area contributed by atoms with Gasteiger partial charge in [-0.05, 0) is 49.6 Å². The summed E-state index contributed by atoms with van der Waals surface area (Å²) < 4.78 is 5.46. The monoisotopic (exact) mass is 315 g/mol. The molecule has 1 heterocycles. The van der Waals surface area contributed by atoms with Crippen LogP contribution in [0.1, 0.15) is 27.8 Å². The number of hydrogen-bond acceptors (Lipinski definition) is 2. The van der Waals surface area contributed by atoms with E-state index in [0.717, 1.165) is 27.9 Å². The van der Waals surface area contributed by atoms with Crippen molar-refractivity contribution in [2.75, 3.05) is 12.4 Å². The largest absolute Gasteiger partial charge is 0.496 e. The number of carbonyl (C=O) groups excluding carboxylic acids is 1. The molecule has 0 aliphatic carbocycles. The van der Waals surface area contributed by atoms with Crippen molar-refractivity contribution in [3.8, 4) is 5.75 Å². The number of nitrogens with one attached hydrogen (secondary N) is 1. The molecule has 0 saturated carbocycles. The van der Waals surface area contributed by atoms with Crippen LogP contribution in [0.3, 0.4) is 0 Å². The van der Waals surface area contributed by atoms with Gasteiger partial charge in [0.25, 0.3) is 5.91 Å². The van der Waals surface area contributed by atoms with E-state index < -0.39 is 4.87 Å². The van der Waals surface area contributed by atoms with Crippen LogP contribution in [0, 0.1) is 20.8 Å². The Balaban J connectivity index is 2.33. The number of fused-ring (bicyclic) bond motifs is 1. The van der Waals surface area contributed by atoms with E-state index in [1.165, 1.54) is 0 Å². The average Bonchev–Trinajstić information content (AvgIpc) is 2.71. The van der Waals surface area contributed by atoms with Gasteiger partial charge >= 0.3 is 0 Å². The summed E-state index contributed by atoms with van der Waals surface area (Å²) in [5.41, 5.74) is 5.42. The van der Waals surface area contributed by atoms with Gasteiger partial charge < -0.3 is 10.1 Å². The second kappa shape index (κ2) is 5.03. The first-order valence-corrected chi connectivity index (χ1v) is 7.53. The van der Waals surface area contributed by atoms with Crippen molar-refractivity contribution >= 4 is 23.2 Å². The Morgan fingerprint density at radius 3 is 2.45 bits per heavy atom. The van der Waals surface area contributed by atoms with E-state index in [-0.39, 0.29) is 5.91 Å². The lowest BCUT2D eigenvalue weighted by atomic mass is 9.86. The molecule has 0 bridgehead atoms. The average molecular weight is 316 g/mol. The Morgan fingerprint density at radius 2 is 1.77 bits per heavy atom. The standard InChI is InChI=1S/C18H18ClNO2/c1-10-6-5-7-15(22-4)16(10)18(19)13-8-11(2)12(3)9-14(13)20-17(18)21/h5-9H,1-4H3,(H,20,21). The molecule has 22 heavy (non-hydrogen) atoms.